The number of rotatable bonds is 11. The van der Waals surface area contributed by atoms with Crippen molar-refractivity contribution in [1.29, 1.82) is 0 Å². The van der Waals surface area contributed by atoms with Crippen molar-refractivity contribution in [2.75, 3.05) is 25.6 Å². The van der Waals surface area contributed by atoms with Gasteiger partial charge in [0.15, 0.2) is 5.15 Å². The number of aliphatic hydroxyl groups excluding tert-OH is 1. The van der Waals surface area contributed by atoms with E-state index in [-0.39, 0.29) is 12.6 Å². The van der Waals surface area contributed by atoms with Gasteiger partial charge in [0.1, 0.15) is 5.82 Å². The minimum Gasteiger partial charge on any atom is -0.389 e. The van der Waals surface area contributed by atoms with E-state index in [1.54, 1.807) is 13.3 Å². The molecule has 0 aliphatic heterocycles. The Balaban J connectivity index is 2.18. The Hall–Kier alpha value is -1.73. The molecule has 3 N–H and O–H groups in total. The number of hydrogen-bond donors (Lipinski definition) is 3. The maximum absolute atomic E-state index is 9.98. The normalized spacial score (nSPS) is 14.6. The molecular weight excluding hydrogens is 364 g/mol. The average Bonchev–Trinajstić information content (AvgIpc) is 2.66. The number of benzene rings is 1. The number of nitrogens with zero attached hydrogens (tertiary/aromatic N) is 2. The van der Waals surface area contributed by atoms with Crippen LogP contribution >= 0.6 is 11.6 Å². The Morgan fingerprint density at radius 1 is 1.26 bits per heavy atom. The molecule has 1 aromatic carbocycles. The number of aliphatic hydroxyl groups is 1. The molecule has 3 atom stereocenters. The van der Waals surface area contributed by atoms with Crippen molar-refractivity contribution < 1.29 is 9.84 Å². The van der Waals surface area contributed by atoms with Crippen LogP contribution < -0.4 is 10.6 Å². The van der Waals surface area contributed by atoms with Gasteiger partial charge in [0.25, 0.3) is 0 Å². The van der Waals surface area contributed by atoms with E-state index >= 15 is 0 Å². The summed E-state index contributed by atoms with van der Waals surface area (Å²) < 4.78 is 4.99. The topological polar surface area (TPSA) is 79.3 Å². The van der Waals surface area contributed by atoms with Gasteiger partial charge in [-0.1, -0.05) is 48.9 Å². The van der Waals surface area contributed by atoms with Gasteiger partial charge in [-0.15, -0.1) is 0 Å². The number of nitrogens with one attached hydrogen (secondary N) is 2. The molecule has 0 aliphatic rings. The van der Waals surface area contributed by atoms with E-state index in [0.717, 1.165) is 12.0 Å². The Kier molecular flexibility index (Phi) is 8.94. The quantitative estimate of drug-likeness (QED) is 0.545. The summed E-state index contributed by atoms with van der Waals surface area (Å²) in [6, 6.07) is 10.2. The van der Waals surface area contributed by atoms with E-state index in [0.29, 0.717) is 35.7 Å². The number of halogens is 1. The lowest BCUT2D eigenvalue weighted by atomic mass is 10.0. The van der Waals surface area contributed by atoms with E-state index in [2.05, 4.69) is 46.6 Å². The molecule has 0 spiro atoms. The molecule has 1 aromatic heterocycles. The molecule has 0 radical (unpaired) electrons. The van der Waals surface area contributed by atoms with Crippen LogP contribution in [0, 0.1) is 0 Å². The predicted molar refractivity (Wildman–Crippen MR) is 109 cm³/mol. The predicted octanol–water partition coefficient (Wildman–Crippen LogP) is 3.22. The maximum Gasteiger partial charge on any atom is 0.154 e. The molecular formula is C20H29ClN4O2. The first kappa shape index (κ1) is 21.6. The number of anilines is 1. The van der Waals surface area contributed by atoms with E-state index < -0.39 is 6.10 Å². The first-order valence-electron chi connectivity index (χ1n) is 9.26. The monoisotopic (exact) mass is 392 g/mol. The van der Waals surface area contributed by atoms with Crippen molar-refractivity contribution in [3.8, 4) is 0 Å². The van der Waals surface area contributed by atoms with Crippen molar-refractivity contribution in [2.24, 2.45) is 0 Å². The number of hydrogen-bond acceptors (Lipinski definition) is 6. The SMILES string of the molecule is CCC(C)Nc1cnc(C(Cc2ccccc2)NC[C@@H](O)COC)c(Cl)n1. The minimum absolute atomic E-state index is 0.170. The summed E-state index contributed by atoms with van der Waals surface area (Å²) in [7, 11) is 1.57. The fourth-order valence-corrected chi connectivity index (χ4v) is 2.95. The summed E-state index contributed by atoms with van der Waals surface area (Å²) in [4.78, 5) is 9.01. The third kappa shape index (κ3) is 7.07. The molecule has 0 amide bonds. The largest absolute Gasteiger partial charge is 0.389 e. The molecule has 0 fully saturated rings. The minimum atomic E-state index is -0.605. The lowest BCUT2D eigenvalue weighted by Crippen LogP contribution is -2.34. The zero-order valence-electron chi connectivity index (χ0n) is 16.2. The first-order valence-corrected chi connectivity index (χ1v) is 9.64. The summed E-state index contributed by atoms with van der Waals surface area (Å²) in [5, 5.41) is 17.0. The Labute approximate surface area is 166 Å². The molecule has 6 nitrogen and oxygen atoms in total. The van der Waals surface area contributed by atoms with Gasteiger partial charge in [-0.2, -0.15) is 0 Å². The van der Waals surface area contributed by atoms with E-state index in [4.69, 9.17) is 16.3 Å². The van der Waals surface area contributed by atoms with Gasteiger partial charge < -0.3 is 20.5 Å². The number of methoxy groups -OCH3 is 1. The fraction of sp³-hybridized carbons (Fsp3) is 0.500. The maximum atomic E-state index is 9.98. The van der Waals surface area contributed by atoms with Gasteiger partial charge in [-0.25, -0.2) is 4.98 Å². The van der Waals surface area contributed by atoms with Gasteiger partial charge in [0.05, 0.1) is 30.6 Å². The zero-order chi connectivity index (χ0) is 19.6. The first-order chi connectivity index (χ1) is 13.0. The van der Waals surface area contributed by atoms with Crippen molar-refractivity contribution >= 4 is 17.4 Å². The second-order valence-corrected chi connectivity index (χ2v) is 7.00. The van der Waals surface area contributed by atoms with Crippen LogP contribution in [-0.4, -0.2) is 47.5 Å². The van der Waals surface area contributed by atoms with Gasteiger partial charge >= 0.3 is 0 Å². The molecule has 148 valence electrons. The van der Waals surface area contributed by atoms with Crippen LogP contribution in [0.4, 0.5) is 5.82 Å². The van der Waals surface area contributed by atoms with E-state index in [9.17, 15) is 5.11 Å². The Morgan fingerprint density at radius 2 is 2.00 bits per heavy atom. The van der Waals surface area contributed by atoms with Crippen LogP contribution in [0.1, 0.15) is 37.6 Å². The summed E-state index contributed by atoms with van der Waals surface area (Å²) in [6.07, 6.45) is 2.77. The number of ether oxygens (including phenoxy) is 1. The molecule has 27 heavy (non-hydrogen) atoms. The third-order valence-electron chi connectivity index (χ3n) is 4.33. The Morgan fingerprint density at radius 3 is 2.63 bits per heavy atom. The number of aromatic nitrogens is 2. The van der Waals surface area contributed by atoms with Crippen molar-refractivity contribution in [3.63, 3.8) is 0 Å². The molecule has 0 bridgehead atoms. The fourth-order valence-electron chi connectivity index (χ4n) is 2.68. The molecule has 1 heterocycles. The van der Waals surface area contributed by atoms with Crippen LogP contribution in [0.15, 0.2) is 36.5 Å². The van der Waals surface area contributed by atoms with Gasteiger partial charge in [0.2, 0.25) is 0 Å². The summed E-state index contributed by atoms with van der Waals surface area (Å²) in [5.74, 6) is 0.663. The average molecular weight is 393 g/mol. The smallest absolute Gasteiger partial charge is 0.154 e. The molecule has 2 unspecified atom stereocenters. The standard InChI is InChI=1S/C20H29ClN4O2/c1-4-14(2)24-18-12-23-19(20(21)25-18)17(22-11-16(26)13-27-3)10-15-8-6-5-7-9-15/h5-9,12,14,16-17,22,26H,4,10-11,13H2,1-3H3,(H,24,25)/t14?,16-,17?/m1/s1. The molecule has 0 saturated heterocycles. The highest BCUT2D eigenvalue weighted by atomic mass is 35.5. The van der Waals surface area contributed by atoms with Gasteiger partial charge in [-0.3, -0.25) is 4.98 Å². The molecule has 7 heteroatoms. The van der Waals surface area contributed by atoms with Crippen molar-refractivity contribution in [1.82, 2.24) is 15.3 Å². The van der Waals surface area contributed by atoms with Gasteiger partial charge in [-0.05, 0) is 25.3 Å². The highest BCUT2D eigenvalue weighted by Crippen LogP contribution is 2.24. The second kappa shape index (κ2) is 11.2. The highest BCUT2D eigenvalue weighted by molar-refractivity contribution is 6.30. The van der Waals surface area contributed by atoms with Crippen LogP contribution in [0.3, 0.4) is 0 Å². The summed E-state index contributed by atoms with van der Waals surface area (Å²) in [6.45, 7) is 4.82. The lowest BCUT2D eigenvalue weighted by molar-refractivity contribution is 0.0626. The van der Waals surface area contributed by atoms with Crippen molar-refractivity contribution in [2.45, 2.75) is 44.9 Å². The van der Waals surface area contributed by atoms with Crippen LogP contribution in [0.25, 0.3) is 0 Å². The molecule has 0 saturated carbocycles. The molecule has 2 aromatic rings. The van der Waals surface area contributed by atoms with E-state index in [1.165, 1.54) is 0 Å². The van der Waals surface area contributed by atoms with Gasteiger partial charge in [0, 0.05) is 19.7 Å². The molecule has 2 rings (SSSR count). The second-order valence-electron chi connectivity index (χ2n) is 6.64. The van der Waals surface area contributed by atoms with Crippen LogP contribution in [-0.2, 0) is 11.2 Å². The van der Waals surface area contributed by atoms with Crippen LogP contribution in [0.2, 0.25) is 5.15 Å². The Bertz CT molecular complexity index is 687. The third-order valence-corrected chi connectivity index (χ3v) is 4.61. The zero-order valence-corrected chi connectivity index (χ0v) is 16.9. The molecule has 0 aliphatic carbocycles. The van der Waals surface area contributed by atoms with E-state index in [1.807, 2.05) is 18.2 Å². The summed E-state index contributed by atoms with van der Waals surface area (Å²) in [5.41, 5.74) is 1.82. The highest BCUT2D eigenvalue weighted by Gasteiger charge is 2.20. The van der Waals surface area contributed by atoms with Crippen LogP contribution in [0.5, 0.6) is 0 Å². The van der Waals surface area contributed by atoms with Crippen molar-refractivity contribution in [3.05, 3.63) is 52.9 Å². The lowest BCUT2D eigenvalue weighted by Gasteiger charge is -2.22. The summed E-state index contributed by atoms with van der Waals surface area (Å²) >= 11 is 6.45.